The number of nitrogens with zero attached hydrogens (tertiary/aromatic N) is 1. The molecule has 2 bridgehead atoms. The molecule has 3 nitrogen and oxygen atoms in total. The molecule has 0 amide bonds. The highest BCUT2D eigenvalue weighted by molar-refractivity contribution is 4.93. The van der Waals surface area contributed by atoms with Crippen molar-refractivity contribution in [2.24, 2.45) is 0 Å². The summed E-state index contributed by atoms with van der Waals surface area (Å²) in [7, 11) is 0. The molecule has 0 aromatic rings. The zero-order chi connectivity index (χ0) is 12.0. The Labute approximate surface area is 104 Å². The van der Waals surface area contributed by atoms with Crippen LogP contribution in [0, 0.1) is 0 Å². The first-order valence-corrected chi connectivity index (χ1v) is 7.14. The molecule has 3 heteroatoms. The average molecular weight is 239 g/mol. The molecular formula is C14H25NO2. The second-order valence-electron chi connectivity index (χ2n) is 6.87. The summed E-state index contributed by atoms with van der Waals surface area (Å²) in [5, 5.41) is 2.32. The summed E-state index contributed by atoms with van der Waals surface area (Å²) in [5.74, 6) is 0. The lowest BCUT2D eigenvalue weighted by Gasteiger charge is -2.52. The molecule has 0 aromatic heterocycles. The monoisotopic (exact) mass is 239 g/mol. The number of fused-ring (bicyclic) bond motifs is 3. The molecule has 17 heavy (non-hydrogen) atoms. The lowest BCUT2D eigenvalue weighted by Crippen LogP contribution is -2.58. The fraction of sp³-hybridized carbons (Fsp3) is 1.00. The molecule has 2 saturated carbocycles. The maximum Gasteiger partial charge on any atom is 0.0794 e. The lowest BCUT2D eigenvalue weighted by molar-refractivity contribution is -0.316. The largest absolute Gasteiger partial charge is 0.373 e. The molecule has 4 rings (SSSR count). The van der Waals surface area contributed by atoms with Gasteiger partial charge in [-0.2, -0.15) is 5.06 Å². The van der Waals surface area contributed by atoms with E-state index < -0.39 is 0 Å². The van der Waals surface area contributed by atoms with Gasteiger partial charge in [0.2, 0.25) is 0 Å². The van der Waals surface area contributed by atoms with Gasteiger partial charge in [-0.25, -0.2) is 0 Å². The first-order chi connectivity index (χ1) is 8.01. The van der Waals surface area contributed by atoms with E-state index in [4.69, 9.17) is 9.57 Å². The van der Waals surface area contributed by atoms with E-state index in [2.05, 4.69) is 25.8 Å². The summed E-state index contributed by atoms with van der Waals surface area (Å²) < 4.78 is 5.99. The van der Waals surface area contributed by atoms with E-state index in [1.54, 1.807) is 0 Å². The minimum absolute atomic E-state index is 0.00258. The van der Waals surface area contributed by atoms with Crippen molar-refractivity contribution < 1.29 is 9.57 Å². The van der Waals surface area contributed by atoms with E-state index in [1.807, 2.05) is 0 Å². The topological polar surface area (TPSA) is 21.7 Å². The molecular weight excluding hydrogens is 214 g/mol. The molecule has 2 saturated heterocycles. The van der Waals surface area contributed by atoms with E-state index in [-0.39, 0.29) is 5.60 Å². The summed E-state index contributed by atoms with van der Waals surface area (Å²) >= 11 is 0. The molecule has 0 atom stereocenters. The second-order valence-corrected chi connectivity index (χ2v) is 6.87. The Morgan fingerprint density at radius 2 is 1.65 bits per heavy atom. The number of hydrogen-bond acceptors (Lipinski definition) is 3. The SMILES string of the molecule is CC(C)(C)OC1CC(N2OC3CCC2CC3)C1. The molecule has 4 fully saturated rings. The van der Waals surface area contributed by atoms with Crippen molar-refractivity contribution in [2.45, 2.75) is 89.2 Å². The molecule has 0 radical (unpaired) electrons. The molecule has 0 spiro atoms. The minimum atomic E-state index is -0.00258. The fourth-order valence-electron chi connectivity index (χ4n) is 3.39. The molecule has 0 unspecified atom stereocenters. The Morgan fingerprint density at radius 1 is 1.00 bits per heavy atom. The third-order valence-corrected chi connectivity index (χ3v) is 4.22. The quantitative estimate of drug-likeness (QED) is 0.739. The summed E-state index contributed by atoms with van der Waals surface area (Å²) in [6.07, 6.45) is 8.50. The van der Waals surface area contributed by atoms with Crippen molar-refractivity contribution in [3.8, 4) is 0 Å². The van der Waals surface area contributed by atoms with Crippen molar-refractivity contribution >= 4 is 0 Å². The predicted molar refractivity (Wildman–Crippen MR) is 66.6 cm³/mol. The molecule has 2 aliphatic carbocycles. The van der Waals surface area contributed by atoms with Crippen molar-refractivity contribution in [3.63, 3.8) is 0 Å². The van der Waals surface area contributed by atoms with E-state index in [0.29, 0.717) is 24.3 Å². The van der Waals surface area contributed by atoms with Crippen LogP contribution in [0.5, 0.6) is 0 Å². The maximum absolute atomic E-state index is 6.05. The summed E-state index contributed by atoms with van der Waals surface area (Å²) in [5.41, 5.74) is -0.00258. The normalized spacial score (nSPS) is 42.5. The van der Waals surface area contributed by atoms with Crippen LogP contribution in [-0.4, -0.2) is 35.0 Å². The van der Waals surface area contributed by atoms with Crippen molar-refractivity contribution in [1.29, 1.82) is 0 Å². The van der Waals surface area contributed by atoms with E-state index in [9.17, 15) is 0 Å². The van der Waals surface area contributed by atoms with Crippen molar-refractivity contribution in [3.05, 3.63) is 0 Å². The van der Waals surface area contributed by atoms with Crippen LogP contribution in [-0.2, 0) is 9.57 Å². The van der Waals surface area contributed by atoms with Crippen LogP contribution in [0.15, 0.2) is 0 Å². The van der Waals surface area contributed by atoms with Gasteiger partial charge in [-0.05, 0) is 59.3 Å². The van der Waals surface area contributed by atoms with Crippen molar-refractivity contribution in [2.75, 3.05) is 0 Å². The second kappa shape index (κ2) is 4.22. The molecule has 0 aromatic carbocycles. The summed E-state index contributed by atoms with van der Waals surface area (Å²) in [6, 6.07) is 1.32. The van der Waals surface area contributed by atoms with Crippen LogP contribution >= 0.6 is 0 Å². The highest BCUT2D eigenvalue weighted by atomic mass is 16.7. The van der Waals surface area contributed by atoms with Gasteiger partial charge in [-0.3, -0.25) is 4.84 Å². The van der Waals surface area contributed by atoms with Gasteiger partial charge in [0, 0.05) is 12.1 Å². The Bertz CT molecular complexity index is 272. The summed E-state index contributed by atoms with van der Waals surface area (Å²) in [4.78, 5) is 6.05. The Morgan fingerprint density at radius 3 is 2.12 bits per heavy atom. The third kappa shape index (κ3) is 2.51. The Hall–Kier alpha value is -0.120. The smallest absolute Gasteiger partial charge is 0.0794 e. The van der Waals surface area contributed by atoms with Gasteiger partial charge in [0.05, 0.1) is 17.8 Å². The van der Waals surface area contributed by atoms with E-state index in [0.717, 1.165) is 12.8 Å². The molecule has 2 aliphatic heterocycles. The number of rotatable bonds is 2. The molecule has 0 N–H and O–H groups in total. The van der Waals surface area contributed by atoms with Crippen LogP contribution in [0.3, 0.4) is 0 Å². The number of hydroxylamine groups is 2. The molecule has 4 aliphatic rings. The third-order valence-electron chi connectivity index (χ3n) is 4.22. The van der Waals surface area contributed by atoms with E-state index >= 15 is 0 Å². The standard InChI is InChI=1S/C14H25NO2/c1-14(2,3)16-13-8-11(9-13)15-10-4-6-12(17-15)7-5-10/h10-13H,4-9H2,1-3H3. The van der Waals surface area contributed by atoms with Crippen molar-refractivity contribution in [1.82, 2.24) is 5.06 Å². The lowest BCUT2D eigenvalue weighted by atomic mass is 9.84. The highest BCUT2D eigenvalue weighted by Crippen LogP contribution is 2.40. The Kier molecular flexibility index (Phi) is 2.96. The average Bonchev–Trinajstić information content (AvgIpc) is 2.23. The van der Waals surface area contributed by atoms with Gasteiger partial charge < -0.3 is 4.74 Å². The van der Waals surface area contributed by atoms with Gasteiger partial charge in [-0.15, -0.1) is 0 Å². The summed E-state index contributed by atoms with van der Waals surface area (Å²) in [6.45, 7) is 6.42. The van der Waals surface area contributed by atoms with Crippen LogP contribution in [0.1, 0.15) is 59.3 Å². The Balaban J connectivity index is 1.49. The first kappa shape index (κ1) is 11.9. The van der Waals surface area contributed by atoms with Crippen LogP contribution < -0.4 is 0 Å². The van der Waals surface area contributed by atoms with E-state index in [1.165, 1.54) is 25.7 Å². The van der Waals surface area contributed by atoms with Gasteiger partial charge in [-0.1, -0.05) is 0 Å². The van der Waals surface area contributed by atoms with Crippen LogP contribution in [0.4, 0.5) is 0 Å². The van der Waals surface area contributed by atoms with Gasteiger partial charge >= 0.3 is 0 Å². The predicted octanol–water partition coefficient (Wildman–Crippen LogP) is 2.89. The zero-order valence-corrected chi connectivity index (χ0v) is 11.3. The minimum Gasteiger partial charge on any atom is -0.373 e. The van der Waals surface area contributed by atoms with Gasteiger partial charge in [0.15, 0.2) is 0 Å². The van der Waals surface area contributed by atoms with Crippen LogP contribution in [0.25, 0.3) is 0 Å². The maximum atomic E-state index is 6.05. The molecule has 98 valence electrons. The number of ether oxygens (including phenoxy) is 1. The number of hydrogen-bond donors (Lipinski definition) is 0. The fourth-order valence-corrected chi connectivity index (χ4v) is 3.39. The first-order valence-electron chi connectivity index (χ1n) is 7.14. The zero-order valence-electron chi connectivity index (χ0n) is 11.3. The van der Waals surface area contributed by atoms with Crippen LogP contribution in [0.2, 0.25) is 0 Å². The van der Waals surface area contributed by atoms with Gasteiger partial charge in [0.1, 0.15) is 0 Å². The van der Waals surface area contributed by atoms with Gasteiger partial charge in [0.25, 0.3) is 0 Å². The highest BCUT2D eigenvalue weighted by Gasteiger charge is 2.44. The molecule has 2 heterocycles.